The van der Waals surface area contributed by atoms with E-state index in [2.05, 4.69) is 15.6 Å². The summed E-state index contributed by atoms with van der Waals surface area (Å²) in [5.41, 5.74) is 0.882. The van der Waals surface area contributed by atoms with Gasteiger partial charge in [0, 0.05) is 49.2 Å². The van der Waals surface area contributed by atoms with E-state index in [-0.39, 0.29) is 11.8 Å². The minimum absolute atomic E-state index is 0.0517. The summed E-state index contributed by atoms with van der Waals surface area (Å²) in [5, 5.41) is 27.8. The van der Waals surface area contributed by atoms with E-state index in [0.717, 1.165) is 11.1 Å². The third-order valence-electron chi connectivity index (χ3n) is 3.05. The van der Waals surface area contributed by atoms with E-state index in [4.69, 9.17) is 5.11 Å². The Labute approximate surface area is 122 Å². The molecule has 3 N–H and O–H groups in total. The van der Waals surface area contributed by atoms with E-state index in [1.807, 2.05) is 0 Å². The summed E-state index contributed by atoms with van der Waals surface area (Å²) in [6.45, 7) is 3.60. The number of aliphatic hydroxyl groups excluding tert-OH is 1. The van der Waals surface area contributed by atoms with Crippen LogP contribution in [0.2, 0.25) is 0 Å². The molecule has 0 radical (unpaired) electrons. The molecule has 21 heavy (non-hydrogen) atoms. The smallest absolute Gasteiger partial charge is 0.278 e. The molecule has 2 aromatic rings. The molecule has 0 amide bonds. The molecule has 2 rings (SSSR count). The molecule has 0 saturated carbocycles. The van der Waals surface area contributed by atoms with Gasteiger partial charge in [0.05, 0.1) is 16.4 Å². The fraction of sp³-hybridized carbons (Fsp3) is 0.357. The topological polar surface area (TPSA) is 100 Å². The van der Waals surface area contributed by atoms with Crippen molar-refractivity contribution in [3.05, 3.63) is 40.7 Å². The predicted molar refractivity (Wildman–Crippen MR) is 81.4 cm³/mol. The number of fused-ring (bicyclic) bond motifs is 1. The Balaban J connectivity index is 2.11. The summed E-state index contributed by atoms with van der Waals surface area (Å²) < 4.78 is 0. The van der Waals surface area contributed by atoms with Gasteiger partial charge in [-0.3, -0.25) is 15.1 Å². The number of hydrogen-bond acceptors (Lipinski definition) is 6. The first kappa shape index (κ1) is 15.1. The molecule has 7 nitrogen and oxygen atoms in total. The van der Waals surface area contributed by atoms with E-state index in [1.165, 1.54) is 12.3 Å². The molecule has 0 aliphatic carbocycles. The molecular formula is C14H18N4O3. The van der Waals surface area contributed by atoms with Gasteiger partial charge in [-0.25, -0.2) is 0 Å². The van der Waals surface area contributed by atoms with Crippen molar-refractivity contribution in [3.8, 4) is 0 Å². The highest BCUT2D eigenvalue weighted by Gasteiger charge is 2.13. The first-order valence-corrected chi connectivity index (χ1v) is 6.73. The zero-order valence-electron chi connectivity index (χ0n) is 11.7. The third kappa shape index (κ3) is 3.87. The molecular weight excluding hydrogens is 272 g/mol. The van der Waals surface area contributed by atoms with Gasteiger partial charge in [-0.15, -0.1) is 0 Å². The number of nitrogens with zero attached hydrogens (tertiary/aromatic N) is 2. The SMILES string of the molecule is CC(O)CNCCNc1ccc([N+](=O)[O-])c2cnccc12. The van der Waals surface area contributed by atoms with E-state index < -0.39 is 4.92 Å². The summed E-state index contributed by atoms with van der Waals surface area (Å²) in [6.07, 6.45) is 2.74. The van der Waals surface area contributed by atoms with Crippen molar-refractivity contribution in [3.63, 3.8) is 0 Å². The summed E-state index contributed by atoms with van der Waals surface area (Å²) in [5.74, 6) is 0. The summed E-state index contributed by atoms with van der Waals surface area (Å²) in [7, 11) is 0. The number of aliphatic hydroxyl groups is 1. The van der Waals surface area contributed by atoms with Crippen LogP contribution in [0.15, 0.2) is 30.6 Å². The van der Waals surface area contributed by atoms with Crippen LogP contribution in [-0.2, 0) is 0 Å². The van der Waals surface area contributed by atoms with Crippen LogP contribution in [-0.4, -0.2) is 40.8 Å². The van der Waals surface area contributed by atoms with Gasteiger partial charge in [-0.1, -0.05) is 0 Å². The molecule has 1 aromatic carbocycles. The van der Waals surface area contributed by atoms with Gasteiger partial charge >= 0.3 is 0 Å². The molecule has 1 atom stereocenters. The van der Waals surface area contributed by atoms with Gasteiger partial charge in [-0.2, -0.15) is 0 Å². The van der Waals surface area contributed by atoms with Gasteiger partial charge in [0.1, 0.15) is 0 Å². The number of nitrogens with one attached hydrogen (secondary N) is 2. The van der Waals surface area contributed by atoms with E-state index in [0.29, 0.717) is 25.0 Å². The molecule has 1 unspecified atom stereocenters. The zero-order valence-corrected chi connectivity index (χ0v) is 11.7. The highest BCUT2D eigenvalue weighted by atomic mass is 16.6. The first-order valence-electron chi connectivity index (χ1n) is 6.73. The van der Waals surface area contributed by atoms with Gasteiger partial charge in [-0.05, 0) is 19.1 Å². The van der Waals surface area contributed by atoms with Crippen LogP contribution < -0.4 is 10.6 Å². The lowest BCUT2D eigenvalue weighted by Gasteiger charge is -2.11. The minimum Gasteiger partial charge on any atom is -0.392 e. The quantitative estimate of drug-likeness (QED) is 0.406. The number of nitro benzene ring substituents is 1. The first-order chi connectivity index (χ1) is 10.1. The van der Waals surface area contributed by atoms with Gasteiger partial charge in [0.15, 0.2) is 0 Å². The van der Waals surface area contributed by atoms with Crippen LogP contribution >= 0.6 is 0 Å². The highest BCUT2D eigenvalue weighted by molar-refractivity contribution is 5.99. The zero-order chi connectivity index (χ0) is 15.2. The molecule has 0 spiro atoms. The van der Waals surface area contributed by atoms with E-state index >= 15 is 0 Å². The molecule has 7 heteroatoms. The van der Waals surface area contributed by atoms with Crippen LogP contribution in [0, 0.1) is 10.1 Å². The lowest BCUT2D eigenvalue weighted by molar-refractivity contribution is -0.383. The summed E-state index contributed by atoms with van der Waals surface area (Å²) >= 11 is 0. The number of rotatable bonds is 7. The number of anilines is 1. The molecule has 0 aliphatic rings. The fourth-order valence-corrected chi connectivity index (χ4v) is 2.09. The monoisotopic (exact) mass is 290 g/mol. The summed E-state index contributed by atoms with van der Waals surface area (Å²) in [6, 6.07) is 4.94. The molecule has 1 aromatic heterocycles. The average molecular weight is 290 g/mol. The van der Waals surface area contributed by atoms with Crippen molar-refractivity contribution in [1.82, 2.24) is 10.3 Å². The molecule has 0 aliphatic heterocycles. The van der Waals surface area contributed by atoms with Crippen LogP contribution in [0.5, 0.6) is 0 Å². The van der Waals surface area contributed by atoms with Crippen molar-refractivity contribution in [1.29, 1.82) is 0 Å². The standard InChI is InChI=1S/C14H18N4O3/c1-10(19)8-16-6-7-17-13-2-3-14(18(20)21)12-9-15-5-4-11(12)13/h2-5,9-10,16-17,19H,6-8H2,1H3. The summed E-state index contributed by atoms with van der Waals surface area (Å²) in [4.78, 5) is 14.6. The average Bonchev–Trinajstić information content (AvgIpc) is 2.46. The lowest BCUT2D eigenvalue weighted by atomic mass is 10.1. The predicted octanol–water partition coefficient (Wildman–Crippen LogP) is 1.53. The van der Waals surface area contributed by atoms with Crippen LogP contribution in [0.4, 0.5) is 11.4 Å². The Morgan fingerprint density at radius 2 is 2.14 bits per heavy atom. The van der Waals surface area contributed by atoms with E-state index in [1.54, 1.807) is 25.3 Å². The largest absolute Gasteiger partial charge is 0.392 e. The molecule has 112 valence electrons. The second-order valence-electron chi connectivity index (χ2n) is 4.79. The van der Waals surface area contributed by atoms with Crippen LogP contribution in [0.3, 0.4) is 0 Å². The number of aromatic nitrogens is 1. The second-order valence-corrected chi connectivity index (χ2v) is 4.79. The minimum atomic E-state index is -0.405. The normalized spacial score (nSPS) is 12.3. The maximum absolute atomic E-state index is 11.0. The number of nitro groups is 1. The number of hydrogen-bond donors (Lipinski definition) is 3. The van der Waals surface area contributed by atoms with E-state index in [9.17, 15) is 10.1 Å². The van der Waals surface area contributed by atoms with Crippen LogP contribution in [0.25, 0.3) is 10.8 Å². The number of benzene rings is 1. The Kier molecular flexibility index (Phi) is 5.02. The Morgan fingerprint density at radius 1 is 1.33 bits per heavy atom. The Hall–Kier alpha value is -2.25. The fourth-order valence-electron chi connectivity index (χ4n) is 2.09. The third-order valence-corrected chi connectivity index (χ3v) is 3.05. The van der Waals surface area contributed by atoms with Gasteiger partial charge in [0.25, 0.3) is 5.69 Å². The van der Waals surface area contributed by atoms with Gasteiger partial charge < -0.3 is 15.7 Å². The number of pyridine rings is 1. The maximum Gasteiger partial charge on any atom is 0.278 e. The second kappa shape index (κ2) is 6.96. The van der Waals surface area contributed by atoms with Crippen molar-refractivity contribution < 1.29 is 10.0 Å². The molecule has 0 fully saturated rings. The molecule has 1 heterocycles. The highest BCUT2D eigenvalue weighted by Crippen LogP contribution is 2.30. The maximum atomic E-state index is 11.0. The van der Waals surface area contributed by atoms with Crippen molar-refractivity contribution in [2.75, 3.05) is 25.0 Å². The molecule has 0 saturated heterocycles. The number of non-ortho nitro benzene ring substituents is 1. The van der Waals surface area contributed by atoms with Crippen molar-refractivity contribution >= 4 is 22.1 Å². The van der Waals surface area contributed by atoms with Gasteiger partial charge in [0.2, 0.25) is 0 Å². The van der Waals surface area contributed by atoms with Crippen molar-refractivity contribution in [2.24, 2.45) is 0 Å². The molecule has 0 bridgehead atoms. The van der Waals surface area contributed by atoms with Crippen molar-refractivity contribution in [2.45, 2.75) is 13.0 Å². The lowest BCUT2D eigenvalue weighted by Crippen LogP contribution is -2.28. The van der Waals surface area contributed by atoms with Crippen LogP contribution in [0.1, 0.15) is 6.92 Å². The Morgan fingerprint density at radius 3 is 2.86 bits per heavy atom. The Bertz CT molecular complexity index is 631.